The van der Waals surface area contributed by atoms with Crippen molar-refractivity contribution in [2.75, 3.05) is 6.61 Å². The summed E-state index contributed by atoms with van der Waals surface area (Å²) in [5, 5.41) is 0. The molecule has 0 aliphatic carbocycles. The van der Waals surface area contributed by atoms with E-state index in [4.69, 9.17) is 9.47 Å². The summed E-state index contributed by atoms with van der Waals surface area (Å²) >= 11 is 0. The summed E-state index contributed by atoms with van der Waals surface area (Å²) in [6.45, 7) is 3.79. The fourth-order valence-corrected chi connectivity index (χ4v) is 1.25. The molecule has 18 heavy (non-hydrogen) atoms. The van der Waals surface area contributed by atoms with Crippen LogP contribution in [0.5, 0.6) is 5.75 Å². The molecule has 0 aromatic heterocycles. The quantitative estimate of drug-likeness (QED) is 0.456. The number of para-hydroxylation sites is 1. The Hall–Kier alpha value is -2.10. The molecule has 1 rings (SSSR count). The number of carbonyl (C=O) groups is 2. The van der Waals surface area contributed by atoms with Gasteiger partial charge in [-0.1, -0.05) is 25.1 Å². The maximum absolute atomic E-state index is 11.2. The van der Waals surface area contributed by atoms with Crippen LogP contribution >= 0.6 is 0 Å². The van der Waals surface area contributed by atoms with Crippen LogP contribution in [0.4, 0.5) is 0 Å². The first-order valence-corrected chi connectivity index (χ1v) is 5.82. The van der Waals surface area contributed by atoms with Crippen molar-refractivity contribution >= 4 is 18.0 Å². The van der Waals surface area contributed by atoms with E-state index in [1.54, 1.807) is 44.2 Å². The zero-order chi connectivity index (χ0) is 13.4. The molecule has 0 atom stereocenters. The number of carbonyl (C=O) groups excluding carboxylic acids is 2. The zero-order valence-electron chi connectivity index (χ0n) is 10.5. The Bertz CT molecular complexity index is 449. The lowest BCUT2D eigenvalue weighted by Gasteiger charge is -2.05. The summed E-state index contributed by atoms with van der Waals surface area (Å²) in [7, 11) is 0. The van der Waals surface area contributed by atoms with Gasteiger partial charge in [0.2, 0.25) is 0 Å². The van der Waals surface area contributed by atoms with Crippen molar-refractivity contribution in [3.8, 4) is 5.75 Å². The highest BCUT2D eigenvalue weighted by Crippen LogP contribution is 2.19. The summed E-state index contributed by atoms with van der Waals surface area (Å²) in [5.74, 6) is -0.300. The number of hydrogen-bond donors (Lipinski definition) is 0. The molecule has 0 radical (unpaired) electrons. The summed E-state index contributed by atoms with van der Waals surface area (Å²) in [4.78, 5) is 22.4. The van der Waals surface area contributed by atoms with Gasteiger partial charge in [0.25, 0.3) is 0 Å². The summed E-state index contributed by atoms with van der Waals surface area (Å²) in [5.41, 5.74) is 0.660. The van der Waals surface area contributed by atoms with Crippen LogP contribution in [0.2, 0.25) is 0 Å². The Kier molecular flexibility index (Phi) is 5.64. The van der Waals surface area contributed by atoms with Crippen molar-refractivity contribution in [2.45, 2.75) is 20.3 Å². The number of ether oxygens (including phenoxy) is 2. The second kappa shape index (κ2) is 7.27. The fourth-order valence-electron chi connectivity index (χ4n) is 1.25. The average molecular weight is 248 g/mol. The van der Waals surface area contributed by atoms with Crippen LogP contribution in [0.25, 0.3) is 6.08 Å². The molecule has 4 heteroatoms. The predicted octanol–water partition coefficient (Wildman–Crippen LogP) is 2.58. The van der Waals surface area contributed by atoms with Crippen molar-refractivity contribution in [2.24, 2.45) is 0 Å². The molecule has 1 aromatic rings. The van der Waals surface area contributed by atoms with Gasteiger partial charge in [0, 0.05) is 18.1 Å². The summed E-state index contributed by atoms with van der Waals surface area (Å²) < 4.78 is 9.92. The SMILES string of the molecule is CCOC(=O)C=Cc1ccccc1OC(=O)CC. The monoisotopic (exact) mass is 248 g/mol. The molecular formula is C14H16O4. The normalized spacial score (nSPS) is 10.3. The van der Waals surface area contributed by atoms with E-state index in [-0.39, 0.29) is 5.97 Å². The second-order valence-corrected chi connectivity index (χ2v) is 3.45. The van der Waals surface area contributed by atoms with E-state index in [0.717, 1.165) is 0 Å². The van der Waals surface area contributed by atoms with E-state index < -0.39 is 5.97 Å². The minimum Gasteiger partial charge on any atom is -0.463 e. The lowest BCUT2D eigenvalue weighted by molar-refractivity contribution is -0.137. The number of hydrogen-bond acceptors (Lipinski definition) is 4. The molecule has 0 heterocycles. The van der Waals surface area contributed by atoms with E-state index in [0.29, 0.717) is 24.3 Å². The van der Waals surface area contributed by atoms with Crippen molar-refractivity contribution in [1.29, 1.82) is 0 Å². The zero-order valence-corrected chi connectivity index (χ0v) is 10.5. The van der Waals surface area contributed by atoms with Gasteiger partial charge in [0.15, 0.2) is 0 Å². The van der Waals surface area contributed by atoms with Gasteiger partial charge in [0.05, 0.1) is 6.61 Å². The highest BCUT2D eigenvalue weighted by molar-refractivity contribution is 5.87. The highest BCUT2D eigenvalue weighted by atomic mass is 16.5. The smallest absolute Gasteiger partial charge is 0.330 e. The van der Waals surface area contributed by atoms with Gasteiger partial charge in [0.1, 0.15) is 5.75 Å². The van der Waals surface area contributed by atoms with Crippen LogP contribution in [-0.2, 0) is 14.3 Å². The summed E-state index contributed by atoms with van der Waals surface area (Å²) in [6, 6.07) is 7.00. The average Bonchev–Trinajstić information content (AvgIpc) is 2.38. The van der Waals surface area contributed by atoms with Crippen LogP contribution in [0, 0.1) is 0 Å². The maximum Gasteiger partial charge on any atom is 0.330 e. The second-order valence-electron chi connectivity index (χ2n) is 3.45. The minimum absolute atomic E-state index is 0.302. The Balaban J connectivity index is 2.82. The molecule has 0 unspecified atom stereocenters. The molecule has 0 amide bonds. The highest BCUT2D eigenvalue weighted by Gasteiger charge is 2.05. The first kappa shape index (κ1) is 14.0. The third-order valence-electron chi connectivity index (χ3n) is 2.12. The third kappa shape index (κ3) is 4.41. The third-order valence-corrected chi connectivity index (χ3v) is 2.12. The van der Waals surface area contributed by atoms with Gasteiger partial charge >= 0.3 is 11.9 Å². The van der Waals surface area contributed by atoms with Crippen molar-refractivity contribution in [3.63, 3.8) is 0 Å². The van der Waals surface area contributed by atoms with E-state index in [2.05, 4.69) is 0 Å². The van der Waals surface area contributed by atoms with Gasteiger partial charge in [-0.05, 0) is 19.1 Å². The largest absolute Gasteiger partial charge is 0.463 e. The predicted molar refractivity (Wildman–Crippen MR) is 68.0 cm³/mol. The van der Waals surface area contributed by atoms with Gasteiger partial charge in [-0.15, -0.1) is 0 Å². The van der Waals surface area contributed by atoms with Crippen LogP contribution in [-0.4, -0.2) is 18.5 Å². The molecule has 0 aliphatic heterocycles. The Labute approximate surface area is 106 Å². The molecule has 4 nitrogen and oxygen atoms in total. The van der Waals surface area contributed by atoms with Gasteiger partial charge in [-0.2, -0.15) is 0 Å². The molecule has 0 bridgehead atoms. The molecule has 0 aliphatic rings. The van der Waals surface area contributed by atoms with Crippen LogP contribution in [0.15, 0.2) is 30.3 Å². The van der Waals surface area contributed by atoms with Crippen LogP contribution in [0.1, 0.15) is 25.8 Å². The molecule has 0 spiro atoms. The lowest BCUT2D eigenvalue weighted by atomic mass is 10.2. The van der Waals surface area contributed by atoms with E-state index in [1.165, 1.54) is 6.08 Å². The molecule has 0 saturated heterocycles. The first-order valence-electron chi connectivity index (χ1n) is 5.82. The number of rotatable bonds is 5. The fraction of sp³-hybridized carbons (Fsp3) is 0.286. The Morgan fingerprint density at radius 3 is 2.61 bits per heavy atom. The molecule has 0 N–H and O–H groups in total. The van der Waals surface area contributed by atoms with Crippen molar-refractivity contribution in [1.82, 2.24) is 0 Å². The van der Waals surface area contributed by atoms with Crippen molar-refractivity contribution < 1.29 is 19.1 Å². The first-order chi connectivity index (χ1) is 8.67. The van der Waals surface area contributed by atoms with E-state index in [1.807, 2.05) is 0 Å². The molecule has 1 aromatic carbocycles. The molecular weight excluding hydrogens is 232 g/mol. The minimum atomic E-state index is -0.422. The topological polar surface area (TPSA) is 52.6 Å². The Morgan fingerprint density at radius 1 is 1.22 bits per heavy atom. The Morgan fingerprint density at radius 2 is 1.94 bits per heavy atom. The number of benzene rings is 1. The molecule has 0 saturated carbocycles. The van der Waals surface area contributed by atoms with Gasteiger partial charge in [-0.25, -0.2) is 4.79 Å². The molecule has 0 fully saturated rings. The van der Waals surface area contributed by atoms with Gasteiger partial charge < -0.3 is 9.47 Å². The van der Waals surface area contributed by atoms with Crippen LogP contribution < -0.4 is 4.74 Å². The maximum atomic E-state index is 11.2. The van der Waals surface area contributed by atoms with Crippen molar-refractivity contribution in [3.05, 3.63) is 35.9 Å². The van der Waals surface area contributed by atoms with Gasteiger partial charge in [-0.3, -0.25) is 4.79 Å². The summed E-state index contributed by atoms with van der Waals surface area (Å²) in [6.07, 6.45) is 3.17. The lowest BCUT2D eigenvalue weighted by Crippen LogP contribution is -2.06. The number of esters is 2. The standard InChI is InChI=1S/C14H16O4/c1-3-13(15)18-12-8-6-5-7-11(12)9-10-14(16)17-4-2/h5-10H,3-4H2,1-2H3. The van der Waals surface area contributed by atoms with E-state index >= 15 is 0 Å². The van der Waals surface area contributed by atoms with E-state index in [9.17, 15) is 9.59 Å². The molecule has 96 valence electrons. The van der Waals surface area contributed by atoms with Crippen LogP contribution in [0.3, 0.4) is 0 Å².